The van der Waals surface area contributed by atoms with Crippen molar-refractivity contribution in [2.24, 2.45) is 11.8 Å². The third-order valence-corrected chi connectivity index (χ3v) is 8.40. The van der Waals surface area contributed by atoms with Gasteiger partial charge in [0, 0.05) is 48.6 Å². The molecule has 2 saturated heterocycles. The summed E-state index contributed by atoms with van der Waals surface area (Å²) < 4.78 is 16.6. The maximum Gasteiger partial charge on any atom is 0.223 e. The molecule has 0 spiro atoms. The van der Waals surface area contributed by atoms with Crippen molar-refractivity contribution in [1.29, 1.82) is 0 Å². The summed E-state index contributed by atoms with van der Waals surface area (Å²) in [5.41, 5.74) is 1.68. The van der Waals surface area contributed by atoms with Crippen LogP contribution in [-0.2, 0) is 9.53 Å². The Morgan fingerprint density at radius 2 is 1.95 bits per heavy atom. The summed E-state index contributed by atoms with van der Waals surface area (Å²) in [5, 5.41) is 8.31. The van der Waals surface area contributed by atoms with E-state index >= 15 is 0 Å². The molecule has 1 unspecified atom stereocenters. The van der Waals surface area contributed by atoms with Crippen molar-refractivity contribution >= 4 is 51.7 Å². The first kappa shape index (κ1) is 29.3. The monoisotopic (exact) mass is 600 g/mol. The zero-order valence-corrected chi connectivity index (χ0v) is 24.9. The van der Waals surface area contributed by atoms with Gasteiger partial charge in [-0.25, -0.2) is 15.0 Å². The van der Waals surface area contributed by atoms with E-state index in [1.807, 2.05) is 6.07 Å². The highest BCUT2D eigenvalue weighted by atomic mass is 35.5. The molecule has 5 rings (SSSR count). The maximum atomic E-state index is 12.0. The number of halogens is 2. The number of nitrogens with zero attached hydrogens (tertiary/aromatic N) is 4. The highest BCUT2D eigenvalue weighted by Gasteiger charge is 2.30. The van der Waals surface area contributed by atoms with E-state index in [4.69, 9.17) is 47.4 Å². The molecule has 0 saturated carbocycles. The molecule has 0 bridgehead atoms. The predicted molar refractivity (Wildman–Crippen MR) is 162 cm³/mol. The third-order valence-electron chi connectivity index (χ3n) is 7.65. The van der Waals surface area contributed by atoms with Crippen molar-refractivity contribution < 1.29 is 19.0 Å². The molecule has 4 heterocycles. The summed E-state index contributed by atoms with van der Waals surface area (Å²) in [5.74, 6) is 2.33. The highest BCUT2D eigenvalue weighted by Crippen LogP contribution is 2.46. The molecule has 1 aromatic carbocycles. The van der Waals surface area contributed by atoms with Gasteiger partial charge >= 0.3 is 0 Å². The molecule has 2 aliphatic rings. The standard InChI is InChI=1S/C29H34Cl2N6O4/c1-5-19(38)8-18-14-41-15-21(18)35-29-33-12-17-9-20(24-25(30)22(39-3)10-23(40-4)26(24)31)34-28(27(17)36-29)32-11-16-6-7-37(2)13-16/h5,9-10,12,16,18,21H,1,6-8,11,13-15H2,2-4H3,(H,32,34)(H,33,35,36)/t16?,18-,21+/m0/s1. The van der Waals surface area contributed by atoms with Crippen molar-refractivity contribution in [3.63, 3.8) is 0 Å². The first-order chi connectivity index (χ1) is 19.8. The molecule has 0 radical (unpaired) electrons. The zero-order chi connectivity index (χ0) is 29.1. The van der Waals surface area contributed by atoms with Gasteiger partial charge in [-0.1, -0.05) is 29.8 Å². The van der Waals surface area contributed by atoms with E-state index in [9.17, 15) is 4.79 Å². The van der Waals surface area contributed by atoms with Crippen LogP contribution in [0.25, 0.3) is 22.2 Å². The van der Waals surface area contributed by atoms with Crippen LogP contribution in [0.15, 0.2) is 31.0 Å². The van der Waals surface area contributed by atoms with Crippen LogP contribution in [-0.4, -0.2) is 85.8 Å². The highest BCUT2D eigenvalue weighted by molar-refractivity contribution is 6.41. The number of hydrogen-bond acceptors (Lipinski definition) is 10. The number of aromatic nitrogens is 3. The summed E-state index contributed by atoms with van der Waals surface area (Å²) in [7, 11) is 5.20. The van der Waals surface area contributed by atoms with Gasteiger partial charge < -0.3 is 29.7 Å². The summed E-state index contributed by atoms with van der Waals surface area (Å²) >= 11 is 13.5. The van der Waals surface area contributed by atoms with Gasteiger partial charge in [0.15, 0.2) is 11.6 Å². The Bertz CT molecular complexity index is 1430. The molecule has 12 heteroatoms. The topological polar surface area (TPSA) is 111 Å². The van der Waals surface area contributed by atoms with Gasteiger partial charge in [-0.3, -0.25) is 4.79 Å². The van der Waals surface area contributed by atoms with E-state index in [1.165, 1.54) is 20.3 Å². The molecule has 0 aliphatic carbocycles. The van der Waals surface area contributed by atoms with Crippen LogP contribution < -0.4 is 20.1 Å². The second-order valence-electron chi connectivity index (χ2n) is 10.5. The number of likely N-dealkylation sites (tertiary alicyclic amines) is 1. The number of carbonyl (C=O) groups is 1. The second kappa shape index (κ2) is 12.8. The first-order valence-corrected chi connectivity index (χ1v) is 14.3. The number of fused-ring (bicyclic) bond motifs is 1. The van der Waals surface area contributed by atoms with Crippen LogP contribution in [0.2, 0.25) is 10.0 Å². The Morgan fingerprint density at radius 1 is 1.20 bits per heavy atom. The Hall–Kier alpha value is -3.18. The molecular formula is C29H34Cl2N6O4. The van der Waals surface area contributed by atoms with E-state index in [0.717, 1.165) is 31.4 Å². The average molecular weight is 602 g/mol. The number of methoxy groups -OCH3 is 2. The molecule has 41 heavy (non-hydrogen) atoms. The Labute approximate surface area is 249 Å². The smallest absolute Gasteiger partial charge is 0.223 e. The SMILES string of the molecule is C=CC(=O)C[C@H]1COC[C@H]1Nc1ncc2cc(-c3c(Cl)c(OC)cc(OC)c3Cl)nc(NCC3CCN(C)C3)c2n1. The number of rotatable bonds is 11. The Morgan fingerprint density at radius 3 is 2.61 bits per heavy atom. The first-order valence-electron chi connectivity index (χ1n) is 13.5. The number of ketones is 1. The molecule has 3 aromatic rings. The van der Waals surface area contributed by atoms with Crippen molar-refractivity contribution in [2.75, 3.05) is 64.7 Å². The van der Waals surface area contributed by atoms with Gasteiger partial charge in [-0.05, 0) is 38.1 Å². The minimum absolute atomic E-state index is 0.00424. The van der Waals surface area contributed by atoms with Crippen molar-refractivity contribution in [3.05, 3.63) is 41.0 Å². The van der Waals surface area contributed by atoms with E-state index < -0.39 is 0 Å². The summed E-state index contributed by atoms with van der Waals surface area (Å²) in [4.78, 5) is 28.7. The minimum atomic E-state index is -0.101. The molecule has 2 aliphatic heterocycles. The second-order valence-corrected chi connectivity index (χ2v) is 11.2. The Kier molecular flexibility index (Phi) is 9.13. The van der Waals surface area contributed by atoms with Crippen LogP contribution in [0, 0.1) is 11.8 Å². The summed E-state index contributed by atoms with van der Waals surface area (Å²) in [6.07, 6.45) is 4.54. The van der Waals surface area contributed by atoms with Gasteiger partial charge in [0.2, 0.25) is 5.95 Å². The fraction of sp³-hybridized carbons (Fsp3) is 0.448. The maximum absolute atomic E-state index is 12.0. The van der Waals surface area contributed by atoms with E-state index in [-0.39, 0.29) is 17.7 Å². The number of anilines is 2. The molecule has 2 fully saturated rings. The average Bonchev–Trinajstić information content (AvgIpc) is 3.59. The largest absolute Gasteiger partial charge is 0.495 e. The van der Waals surface area contributed by atoms with Gasteiger partial charge in [0.25, 0.3) is 0 Å². The van der Waals surface area contributed by atoms with Crippen LogP contribution in [0.1, 0.15) is 12.8 Å². The lowest BCUT2D eigenvalue weighted by atomic mass is 9.97. The van der Waals surface area contributed by atoms with E-state index in [1.54, 1.807) is 12.3 Å². The lowest BCUT2D eigenvalue weighted by molar-refractivity contribution is -0.115. The quantitative estimate of drug-likeness (QED) is 0.293. The van der Waals surface area contributed by atoms with E-state index in [0.29, 0.717) is 75.6 Å². The van der Waals surface area contributed by atoms with Crippen LogP contribution in [0.4, 0.5) is 11.8 Å². The number of ether oxygens (including phenoxy) is 3. The van der Waals surface area contributed by atoms with Gasteiger partial charge in [-0.2, -0.15) is 0 Å². The number of allylic oxidation sites excluding steroid dienone is 1. The van der Waals surface area contributed by atoms with Gasteiger partial charge in [0.1, 0.15) is 17.0 Å². The molecule has 0 amide bonds. The number of pyridine rings is 1. The van der Waals surface area contributed by atoms with Crippen molar-refractivity contribution in [3.8, 4) is 22.8 Å². The normalized spacial score (nSPS) is 20.8. The number of carbonyl (C=O) groups excluding carboxylic acids is 1. The van der Waals surface area contributed by atoms with Crippen molar-refractivity contribution in [2.45, 2.75) is 18.9 Å². The Balaban J connectivity index is 1.54. The van der Waals surface area contributed by atoms with Gasteiger partial charge in [0.05, 0.1) is 49.2 Å². The lowest BCUT2D eigenvalue weighted by Gasteiger charge is -2.19. The number of hydrogen-bond donors (Lipinski definition) is 2. The summed E-state index contributed by atoms with van der Waals surface area (Å²) in [6, 6.07) is 3.40. The number of benzene rings is 1. The van der Waals surface area contributed by atoms with Crippen LogP contribution in [0.5, 0.6) is 11.5 Å². The van der Waals surface area contributed by atoms with Gasteiger partial charge in [-0.15, -0.1) is 0 Å². The summed E-state index contributed by atoms with van der Waals surface area (Å²) in [6.45, 7) is 7.33. The lowest BCUT2D eigenvalue weighted by Crippen LogP contribution is -2.30. The fourth-order valence-corrected chi connectivity index (χ4v) is 6.07. The molecule has 2 aromatic heterocycles. The third kappa shape index (κ3) is 6.35. The number of nitrogens with one attached hydrogen (secondary N) is 2. The molecular weight excluding hydrogens is 567 g/mol. The minimum Gasteiger partial charge on any atom is -0.495 e. The van der Waals surface area contributed by atoms with E-state index in [2.05, 4.69) is 34.1 Å². The van der Waals surface area contributed by atoms with Crippen LogP contribution in [0.3, 0.4) is 0 Å². The fourth-order valence-electron chi connectivity index (χ4n) is 5.37. The van der Waals surface area contributed by atoms with Crippen molar-refractivity contribution in [1.82, 2.24) is 19.9 Å². The molecule has 2 N–H and O–H groups in total. The molecule has 10 nitrogen and oxygen atoms in total. The molecule has 218 valence electrons. The zero-order valence-electron chi connectivity index (χ0n) is 23.4. The van der Waals surface area contributed by atoms with Crippen LogP contribution >= 0.6 is 23.2 Å². The predicted octanol–water partition coefficient (Wildman–Crippen LogP) is 4.95. The molecule has 3 atom stereocenters.